The standard InChI is InChI=1S/C81H62BN5/c1-9-25-51(26-10-1)59-45-64(55-33-17-5-18-34-55)72-68(47-59)86-70-49-61(81-84-79(57-37-21-7-22-38-57)83-80(85-81)58-39-23-8-24-40-58)50-71-76(70)82(66-43-41-62(74(72)77(66)86)53-29-13-3-14-30-53)67-44-42-63(54-31-15-4-16-32-54)75-73-65(56-35-19-6-20-36-56)46-60(52-27-11-2-12-28-52)48-69(73)87(71)78(67)75/h1-2,5-12,17-28,33-50,53-54H,3-4,13-16,29-32H2. The van der Waals surface area contributed by atoms with Gasteiger partial charge < -0.3 is 9.13 Å². The molecule has 2 fully saturated rings. The van der Waals surface area contributed by atoms with Gasteiger partial charge in [-0.15, -0.1) is 0 Å². The fourth-order valence-corrected chi connectivity index (χ4v) is 16.2. The first-order valence-electron chi connectivity index (χ1n) is 31.8. The third-order valence-electron chi connectivity index (χ3n) is 20.1. The van der Waals surface area contributed by atoms with E-state index in [1.807, 2.05) is 0 Å². The number of aromatic nitrogens is 5. The fraction of sp³-hybridized carbons (Fsp3) is 0.148. The van der Waals surface area contributed by atoms with Gasteiger partial charge in [-0.1, -0.05) is 245 Å². The van der Waals surface area contributed by atoms with Gasteiger partial charge in [0.2, 0.25) is 0 Å². The van der Waals surface area contributed by atoms with Gasteiger partial charge in [0.1, 0.15) is 0 Å². The molecule has 14 aromatic rings. The van der Waals surface area contributed by atoms with Gasteiger partial charge in [-0.05, 0) is 146 Å². The predicted molar refractivity (Wildman–Crippen MR) is 363 cm³/mol. The first kappa shape index (κ1) is 50.4. The van der Waals surface area contributed by atoms with Gasteiger partial charge >= 0.3 is 0 Å². The quantitative estimate of drug-likeness (QED) is 0.135. The van der Waals surface area contributed by atoms with Crippen LogP contribution in [0.25, 0.3) is 134 Å². The zero-order chi connectivity index (χ0) is 57.1. The monoisotopic (exact) mass is 1120 g/mol. The molecule has 5 nitrogen and oxygen atoms in total. The van der Waals surface area contributed by atoms with E-state index in [4.69, 9.17) is 15.0 Å². The van der Waals surface area contributed by atoms with Crippen LogP contribution in [0.5, 0.6) is 0 Å². The SMILES string of the molecule is c1ccc(-c2cc(-c3ccccc3)c3c4c(C5CCCCC5)ccc5c4n(c3c2)-c2cc(-c3nc(-c4ccccc4)nc(-c4ccccc4)n3)cc3c2B5c2ccc(C4CCCCC4)c4c5c(-c6ccccc6)cc(-c6ccccc6)cc5n-3c24)cc1. The van der Waals surface area contributed by atoms with Gasteiger partial charge in [0.25, 0.3) is 6.71 Å². The summed E-state index contributed by atoms with van der Waals surface area (Å²) in [5.41, 5.74) is 27.1. The topological polar surface area (TPSA) is 48.5 Å². The lowest BCUT2D eigenvalue weighted by atomic mass is 9.34. The number of hydrogen-bond acceptors (Lipinski definition) is 3. The summed E-state index contributed by atoms with van der Waals surface area (Å²) in [4.78, 5) is 16.4. The van der Waals surface area contributed by atoms with Crippen molar-refractivity contribution in [2.45, 2.75) is 76.0 Å². The summed E-state index contributed by atoms with van der Waals surface area (Å²) in [5.74, 6) is 2.85. The Balaban J connectivity index is 1.05. The average Bonchev–Trinajstić information content (AvgIpc) is 1.57. The Morgan fingerprint density at radius 1 is 0.299 bits per heavy atom. The fourth-order valence-electron chi connectivity index (χ4n) is 16.2. The lowest BCUT2D eigenvalue weighted by Crippen LogP contribution is -2.59. The summed E-state index contributed by atoms with van der Waals surface area (Å²) in [7, 11) is 0. The van der Waals surface area contributed by atoms with Crippen molar-refractivity contribution in [1.29, 1.82) is 0 Å². The minimum Gasteiger partial charge on any atom is -0.310 e. The molecule has 0 spiro atoms. The Kier molecular flexibility index (Phi) is 11.8. The van der Waals surface area contributed by atoms with Crippen molar-refractivity contribution in [1.82, 2.24) is 24.1 Å². The molecule has 11 aromatic carbocycles. The summed E-state index contributed by atoms with van der Waals surface area (Å²) in [6.45, 7) is -0.0795. The first-order valence-corrected chi connectivity index (χ1v) is 31.8. The molecule has 2 saturated carbocycles. The smallest absolute Gasteiger partial charge is 0.252 e. The maximum absolute atomic E-state index is 5.57. The molecule has 18 rings (SSSR count). The van der Waals surface area contributed by atoms with Crippen molar-refractivity contribution < 1.29 is 0 Å². The van der Waals surface area contributed by atoms with Crippen LogP contribution in [0.4, 0.5) is 0 Å². The molecule has 0 unspecified atom stereocenters. The van der Waals surface area contributed by atoms with Crippen LogP contribution < -0.4 is 16.4 Å². The predicted octanol–water partition coefficient (Wildman–Crippen LogP) is 19.0. The summed E-state index contributed by atoms with van der Waals surface area (Å²) >= 11 is 0. The van der Waals surface area contributed by atoms with E-state index < -0.39 is 0 Å². The number of rotatable bonds is 9. The van der Waals surface area contributed by atoms with E-state index >= 15 is 0 Å². The minimum absolute atomic E-state index is 0.0795. The van der Waals surface area contributed by atoms with Crippen LogP contribution in [0.3, 0.4) is 0 Å². The normalized spacial score (nSPS) is 14.8. The van der Waals surface area contributed by atoms with E-state index in [-0.39, 0.29) is 6.71 Å². The third kappa shape index (κ3) is 8.03. The van der Waals surface area contributed by atoms with Gasteiger partial charge in [-0.3, -0.25) is 0 Å². The van der Waals surface area contributed by atoms with E-state index in [2.05, 4.69) is 252 Å². The summed E-state index contributed by atoms with van der Waals surface area (Å²) < 4.78 is 5.44. The van der Waals surface area contributed by atoms with Gasteiger partial charge in [-0.25, -0.2) is 15.0 Å². The molecule has 0 radical (unpaired) electrons. The number of fused-ring (bicyclic) bond motifs is 10. The zero-order valence-electron chi connectivity index (χ0n) is 48.6. The van der Waals surface area contributed by atoms with Crippen LogP contribution in [-0.4, -0.2) is 30.8 Å². The molecule has 3 aromatic heterocycles. The molecular weight excluding hydrogens is 1050 g/mol. The highest BCUT2D eigenvalue weighted by molar-refractivity contribution is 7.00. The minimum atomic E-state index is -0.0795. The molecular formula is C81H62BN5. The van der Waals surface area contributed by atoms with Crippen LogP contribution in [-0.2, 0) is 0 Å². The Labute approximate surface area is 507 Å². The maximum Gasteiger partial charge on any atom is 0.252 e. The lowest BCUT2D eigenvalue weighted by molar-refractivity contribution is 0.445. The molecule has 0 bridgehead atoms. The van der Waals surface area contributed by atoms with Crippen LogP contribution >= 0.6 is 0 Å². The van der Waals surface area contributed by atoms with Gasteiger partial charge in [-0.2, -0.15) is 0 Å². The molecule has 5 heterocycles. The molecule has 87 heavy (non-hydrogen) atoms. The lowest BCUT2D eigenvalue weighted by Gasteiger charge is -2.35. The van der Waals surface area contributed by atoms with Crippen LogP contribution in [0.15, 0.2) is 243 Å². The maximum atomic E-state index is 5.57. The van der Waals surface area contributed by atoms with Crippen LogP contribution in [0.2, 0.25) is 0 Å². The molecule has 6 heteroatoms. The van der Waals surface area contributed by atoms with E-state index in [1.165, 1.54) is 191 Å². The number of benzene rings is 11. The van der Waals surface area contributed by atoms with Gasteiger partial charge in [0.05, 0.1) is 11.0 Å². The number of hydrogen-bond donors (Lipinski definition) is 0. The Morgan fingerprint density at radius 2 is 0.644 bits per heavy atom. The third-order valence-corrected chi connectivity index (χ3v) is 20.1. The Bertz CT molecular complexity index is 4710. The van der Waals surface area contributed by atoms with E-state index in [0.29, 0.717) is 29.3 Å². The summed E-state index contributed by atoms with van der Waals surface area (Å²) in [6.07, 6.45) is 12.4. The Morgan fingerprint density at radius 3 is 1.02 bits per heavy atom. The highest BCUT2D eigenvalue weighted by Crippen LogP contribution is 2.51. The highest BCUT2D eigenvalue weighted by Gasteiger charge is 2.44. The van der Waals surface area contributed by atoms with Crippen molar-refractivity contribution in [2.75, 3.05) is 0 Å². The summed E-state index contributed by atoms with van der Waals surface area (Å²) in [5, 5.41) is 5.47. The molecule has 0 atom stereocenters. The highest BCUT2D eigenvalue weighted by atomic mass is 15.1. The van der Waals surface area contributed by atoms with E-state index in [9.17, 15) is 0 Å². The zero-order valence-corrected chi connectivity index (χ0v) is 48.6. The van der Waals surface area contributed by atoms with Crippen molar-refractivity contribution in [3.63, 3.8) is 0 Å². The van der Waals surface area contributed by atoms with E-state index in [1.54, 1.807) is 0 Å². The second-order valence-electron chi connectivity index (χ2n) is 25.0. The molecule has 0 saturated heterocycles. The molecule has 0 amide bonds. The second kappa shape index (κ2) is 20.4. The second-order valence-corrected chi connectivity index (χ2v) is 25.0. The van der Waals surface area contributed by atoms with Crippen molar-refractivity contribution >= 4 is 66.7 Å². The molecule has 0 N–H and O–H groups in total. The Hall–Kier alpha value is -9.91. The largest absolute Gasteiger partial charge is 0.310 e. The van der Waals surface area contributed by atoms with Gasteiger partial charge in [0.15, 0.2) is 17.5 Å². The van der Waals surface area contributed by atoms with Crippen LogP contribution in [0, 0.1) is 0 Å². The number of nitrogens with zero attached hydrogens (tertiary/aromatic N) is 5. The first-order chi connectivity index (χ1) is 43.2. The van der Waals surface area contributed by atoms with Crippen LogP contribution in [0.1, 0.15) is 87.2 Å². The molecule has 2 aliphatic carbocycles. The van der Waals surface area contributed by atoms with Crippen molar-refractivity contribution in [2.24, 2.45) is 0 Å². The van der Waals surface area contributed by atoms with E-state index in [0.717, 1.165) is 16.7 Å². The molecule has 2 aliphatic heterocycles. The summed E-state index contributed by atoms with van der Waals surface area (Å²) in [6, 6.07) is 90.7. The molecule has 4 aliphatic rings. The van der Waals surface area contributed by atoms with Crippen molar-refractivity contribution in [3.05, 3.63) is 254 Å². The molecule has 414 valence electrons. The van der Waals surface area contributed by atoms with Crippen molar-refractivity contribution in [3.8, 4) is 90.0 Å². The van der Waals surface area contributed by atoms with Gasteiger partial charge in [0, 0.05) is 60.6 Å². The average molecular weight is 1120 g/mol.